The third kappa shape index (κ3) is 1.99. The molecule has 0 aromatic heterocycles. The summed E-state index contributed by atoms with van der Waals surface area (Å²) in [4.78, 5) is 10.8. The fourth-order valence-corrected chi connectivity index (χ4v) is 1.23. The first kappa shape index (κ1) is 8.64. The first-order valence-corrected chi connectivity index (χ1v) is 4.15. The van der Waals surface area contributed by atoms with Crippen LogP contribution in [0.15, 0.2) is 18.2 Å². The predicted octanol–water partition coefficient (Wildman–Crippen LogP) is 2.63. The number of hydrogen-bond acceptors (Lipinski definition) is 1. The minimum absolute atomic E-state index is 0.0390. The van der Waals surface area contributed by atoms with Crippen LogP contribution in [0.2, 0.25) is 0 Å². The molecule has 0 aliphatic carbocycles. The first-order chi connectivity index (χ1) is 5.11. The number of halogens is 2. The number of rotatable bonds is 1. The Morgan fingerprint density at radius 1 is 1.55 bits per heavy atom. The van der Waals surface area contributed by atoms with Crippen LogP contribution >= 0.6 is 22.6 Å². The van der Waals surface area contributed by atoms with Gasteiger partial charge in [-0.3, -0.25) is 4.79 Å². The zero-order chi connectivity index (χ0) is 8.43. The minimum Gasteiger partial charge on any atom is -0.295 e. The van der Waals surface area contributed by atoms with E-state index < -0.39 is 0 Å². The highest BCUT2D eigenvalue weighted by molar-refractivity contribution is 14.1. The van der Waals surface area contributed by atoms with Gasteiger partial charge in [-0.1, -0.05) is 0 Å². The molecular weight excluding hydrogens is 258 g/mol. The number of carbonyl (C=O) groups excluding carboxylic acids is 1. The first-order valence-electron chi connectivity index (χ1n) is 3.07. The van der Waals surface area contributed by atoms with Crippen LogP contribution in [0.1, 0.15) is 17.3 Å². The van der Waals surface area contributed by atoms with Gasteiger partial charge in [0.25, 0.3) is 0 Å². The van der Waals surface area contributed by atoms with E-state index in [1.807, 2.05) is 22.6 Å². The second-order valence-corrected chi connectivity index (χ2v) is 3.35. The van der Waals surface area contributed by atoms with Crippen LogP contribution in [-0.4, -0.2) is 5.78 Å². The van der Waals surface area contributed by atoms with E-state index in [1.54, 1.807) is 0 Å². The zero-order valence-electron chi connectivity index (χ0n) is 5.90. The maximum absolute atomic E-state index is 12.6. The van der Waals surface area contributed by atoms with Gasteiger partial charge in [0, 0.05) is 9.13 Å². The third-order valence-electron chi connectivity index (χ3n) is 1.33. The summed E-state index contributed by atoms with van der Waals surface area (Å²) in [5.41, 5.74) is 0.552. The monoisotopic (exact) mass is 264 g/mol. The van der Waals surface area contributed by atoms with Gasteiger partial charge in [0.05, 0.1) is 0 Å². The minimum atomic E-state index is -0.282. The molecule has 0 heterocycles. The molecule has 0 aliphatic heterocycles. The Bertz CT molecular complexity index is 296. The molecule has 0 saturated heterocycles. The summed E-state index contributed by atoms with van der Waals surface area (Å²) in [5.74, 6) is -0.321. The van der Waals surface area contributed by atoms with Gasteiger partial charge in [0.1, 0.15) is 5.82 Å². The topological polar surface area (TPSA) is 17.1 Å². The smallest absolute Gasteiger partial charge is 0.159 e. The summed E-state index contributed by atoms with van der Waals surface area (Å²) in [6, 6.07) is 4.33. The molecule has 0 saturated carbocycles. The summed E-state index contributed by atoms with van der Waals surface area (Å²) in [6.07, 6.45) is 0. The molecule has 0 aliphatic rings. The summed E-state index contributed by atoms with van der Waals surface area (Å²) < 4.78 is 13.1. The molecule has 0 radical (unpaired) electrons. The number of benzene rings is 1. The number of hydrogen-bond donors (Lipinski definition) is 0. The summed E-state index contributed by atoms with van der Waals surface area (Å²) in [5, 5.41) is 0. The molecule has 3 heteroatoms. The lowest BCUT2D eigenvalue weighted by Crippen LogP contribution is -1.93. The average Bonchev–Trinajstić information content (AvgIpc) is 1.94. The summed E-state index contributed by atoms with van der Waals surface area (Å²) in [7, 11) is 0. The fourth-order valence-electron chi connectivity index (χ4n) is 0.715. The molecule has 1 aromatic rings. The van der Waals surface area contributed by atoms with Crippen molar-refractivity contribution in [3.8, 4) is 0 Å². The largest absolute Gasteiger partial charge is 0.295 e. The van der Waals surface area contributed by atoms with E-state index in [9.17, 15) is 9.18 Å². The van der Waals surface area contributed by atoms with Gasteiger partial charge < -0.3 is 0 Å². The average molecular weight is 264 g/mol. The molecule has 0 unspecified atom stereocenters. The van der Waals surface area contributed by atoms with Gasteiger partial charge in [0.2, 0.25) is 0 Å². The van der Waals surface area contributed by atoms with Crippen LogP contribution in [0.3, 0.4) is 0 Å². The van der Waals surface area contributed by atoms with Crippen LogP contribution in [0.25, 0.3) is 0 Å². The van der Waals surface area contributed by atoms with E-state index in [2.05, 4.69) is 0 Å². The van der Waals surface area contributed by atoms with Crippen LogP contribution in [0.4, 0.5) is 4.39 Å². The van der Waals surface area contributed by atoms with Crippen molar-refractivity contribution in [3.63, 3.8) is 0 Å². The van der Waals surface area contributed by atoms with E-state index in [4.69, 9.17) is 0 Å². The molecular formula is C8H6FIO. The van der Waals surface area contributed by atoms with E-state index in [-0.39, 0.29) is 11.6 Å². The van der Waals surface area contributed by atoms with Gasteiger partial charge in [-0.05, 0) is 47.7 Å². The van der Waals surface area contributed by atoms with E-state index in [0.717, 1.165) is 0 Å². The number of ketones is 1. The number of Topliss-reactive ketones (excluding diaryl/α,β-unsaturated/α-hetero) is 1. The maximum atomic E-state index is 12.6. The molecule has 0 fully saturated rings. The molecule has 0 amide bonds. The van der Waals surface area contributed by atoms with E-state index >= 15 is 0 Å². The third-order valence-corrected chi connectivity index (χ3v) is 2.15. The van der Waals surface area contributed by atoms with Crippen LogP contribution in [0.5, 0.6) is 0 Å². The lowest BCUT2D eigenvalue weighted by atomic mass is 10.1. The standard InChI is InChI=1S/C8H6FIO/c1-5(11)6-2-3-7(9)8(10)4-6/h2-4H,1H3. The van der Waals surface area contributed by atoms with Crippen molar-refractivity contribution in [2.24, 2.45) is 0 Å². The zero-order valence-corrected chi connectivity index (χ0v) is 8.05. The second-order valence-electron chi connectivity index (χ2n) is 2.19. The Labute approximate surface area is 77.8 Å². The normalized spacial score (nSPS) is 9.73. The quantitative estimate of drug-likeness (QED) is 0.563. The molecule has 58 valence electrons. The molecule has 1 aromatic carbocycles. The van der Waals surface area contributed by atoms with Gasteiger partial charge in [-0.15, -0.1) is 0 Å². The lowest BCUT2D eigenvalue weighted by molar-refractivity contribution is 0.101. The van der Waals surface area contributed by atoms with Crippen molar-refractivity contribution in [1.82, 2.24) is 0 Å². The van der Waals surface area contributed by atoms with Gasteiger partial charge in [-0.2, -0.15) is 0 Å². The van der Waals surface area contributed by atoms with Crippen molar-refractivity contribution < 1.29 is 9.18 Å². The van der Waals surface area contributed by atoms with Crippen molar-refractivity contribution in [1.29, 1.82) is 0 Å². The summed E-state index contributed by atoms with van der Waals surface area (Å²) in [6.45, 7) is 1.46. The Morgan fingerprint density at radius 3 is 2.64 bits per heavy atom. The molecule has 1 nitrogen and oxygen atoms in total. The van der Waals surface area contributed by atoms with Gasteiger partial charge in [0.15, 0.2) is 5.78 Å². The predicted molar refractivity (Wildman–Crippen MR) is 49.1 cm³/mol. The molecule has 11 heavy (non-hydrogen) atoms. The SMILES string of the molecule is CC(=O)c1ccc(F)c(I)c1. The van der Waals surface area contributed by atoms with Crippen molar-refractivity contribution >= 4 is 28.4 Å². The molecule has 0 N–H and O–H groups in total. The van der Waals surface area contributed by atoms with Crippen LogP contribution in [-0.2, 0) is 0 Å². The summed E-state index contributed by atoms with van der Waals surface area (Å²) >= 11 is 1.86. The van der Waals surface area contributed by atoms with Gasteiger partial charge >= 0.3 is 0 Å². The second kappa shape index (κ2) is 3.30. The van der Waals surface area contributed by atoms with Gasteiger partial charge in [-0.25, -0.2) is 4.39 Å². The highest BCUT2D eigenvalue weighted by atomic mass is 127. The maximum Gasteiger partial charge on any atom is 0.159 e. The molecule has 1 rings (SSSR count). The van der Waals surface area contributed by atoms with Crippen LogP contribution < -0.4 is 0 Å². The highest BCUT2D eigenvalue weighted by Crippen LogP contribution is 2.12. The fraction of sp³-hybridized carbons (Fsp3) is 0.125. The number of carbonyl (C=O) groups is 1. The Balaban J connectivity index is 3.15. The Hall–Kier alpha value is -0.450. The van der Waals surface area contributed by atoms with Crippen LogP contribution in [0, 0.1) is 9.39 Å². The van der Waals surface area contributed by atoms with E-state index in [1.165, 1.54) is 25.1 Å². The lowest BCUT2D eigenvalue weighted by Gasteiger charge is -1.96. The van der Waals surface area contributed by atoms with Crippen molar-refractivity contribution in [2.45, 2.75) is 6.92 Å². The highest BCUT2D eigenvalue weighted by Gasteiger charge is 2.02. The Kier molecular flexibility index (Phi) is 2.59. The molecule has 0 bridgehead atoms. The Morgan fingerprint density at radius 2 is 2.18 bits per heavy atom. The van der Waals surface area contributed by atoms with E-state index in [0.29, 0.717) is 9.13 Å². The van der Waals surface area contributed by atoms with Crippen molar-refractivity contribution in [2.75, 3.05) is 0 Å². The molecule has 0 spiro atoms. The van der Waals surface area contributed by atoms with Crippen molar-refractivity contribution in [3.05, 3.63) is 33.1 Å². The molecule has 0 atom stereocenters.